The molecule has 0 N–H and O–H groups in total. The van der Waals surface area contributed by atoms with E-state index in [0.29, 0.717) is 31.3 Å². The second-order valence-corrected chi connectivity index (χ2v) is 6.43. The number of nitrogens with zero attached hydrogens (tertiary/aromatic N) is 3. The first-order chi connectivity index (χ1) is 12.8. The van der Waals surface area contributed by atoms with Crippen molar-refractivity contribution in [2.75, 3.05) is 6.61 Å². The number of carbonyl (C=O) groups is 1. The Bertz CT molecular complexity index is 810. The number of aryl methyl sites for hydroxylation is 1. The van der Waals surface area contributed by atoms with Gasteiger partial charge in [-0.25, -0.2) is 4.68 Å². The molecule has 0 atom stereocenters. The number of hydrogen-bond donors (Lipinski definition) is 0. The van der Waals surface area contributed by atoms with Gasteiger partial charge in [0.05, 0.1) is 6.61 Å². The molecule has 132 valence electrons. The molecule has 0 bridgehead atoms. The van der Waals surface area contributed by atoms with Gasteiger partial charge in [-0.3, -0.25) is 4.79 Å². The van der Waals surface area contributed by atoms with Crippen molar-refractivity contribution in [2.24, 2.45) is 0 Å². The van der Waals surface area contributed by atoms with Gasteiger partial charge < -0.3 is 9.64 Å². The van der Waals surface area contributed by atoms with Gasteiger partial charge in [-0.15, -0.1) is 0 Å². The lowest BCUT2D eigenvalue weighted by atomic mass is 10.1. The Morgan fingerprint density at radius 1 is 1.00 bits per heavy atom. The van der Waals surface area contributed by atoms with Gasteiger partial charge in [-0.1, -0.05) is 60.7 Å². The third-order valence-electron chi connectivity index (χ3n) is 4.45. The number of carbonyl (C=O) groups excluding carboxylic acids is 1. The summed E-state index contributed by atoms with van der Waals surface area (Å²) >= 11 is 0. The summed E-state index contributed by atoms with van der Waals surface area (Å²) in [7, 11) is 0. The quantitative estimate of drug-likeness (QED) is 0.710. The van der Waals surface area contributed by atoms with Crippen molar-refractivity contribution < 1.29 is 9.53 Å². The molecule has 2 heterocycles. The Kier molecular flexibility index (Phi) is 4.69. The van der Waals surface area contributed by atoms with E-state index in [1.54, 1.807) is 10.7 Å². The maximum atomic E-state index is 13.2. The first-order valence-corrected chi connectivity index (χ1v) is 8.87. The Hall–Kier alpha value is -3.08. The summed E-state index contributed by atoms with van der Waals surface area (Å²) in [4.78, 5) is 15.0. The van der Waals surface area contributed by atoms with Crippen molar-refractivity contribution in [3.63, 3.8) is 0 Å². The van der Waals surface area contributed by atoms with Crippen LogP contribution in [-0.4, -0.2) is 27.2 Å². The van der Waals surface area contributed by atoms with Crippen LogP contribution in [0.25, 0.3) is 0 Å². The summed E-state index contributed by atoms with van der Waals surface area (Å²) in [6.45, 7) is 2.55. The molecule has 0 saturated heterocycles. The minimum Gasteiger partial charge on any atom is -0.478 e. The number of amides is 1. The minimum absolute atomic E-state index is 0.0804. The fourth-order valence-electron chi connectivity index (χ4n) is 3.14. The predicted molar refractivity (Wildman–Crippen MR) is 98.8 cm³/mol. The largest absolute Gasteiger partial charge is 0.478 e. The van der Waals surface area contributed by atoms with E-state index in [0.717, 1.165) is 24.1 Å². The lowest BCUT2D eigenvalue weighted by Gasteiger charge is -2.22. The SMILES string of the molecule is O=C(c1cc2n(n1)CCCO2)N(Cc1ccccc1)Cc1ccccc1. The number of fused-ring (bicyclic) bond motifs is 1. The highest BCUT2D eigenvalue weighted by molar-refractivity contribution is 5.92. The summed E-state index contributed by atoms with van der Waals surface area (Å²) in [6, 6.07) is 21.8. The summed E-state index contributed by atoms with van der Waals surface area (Å²) in [6.07, 6.45) is 0.917. The van der Waals surface area contributed by atoms with Crippen LogP contribution in [-0.2, 0) is 19.6 Å². The maximum absolute atomic E-state index is 13.2. The molecule has 5 nitrogen and oxygen atoms in total. The summed E-state index contributed by atoms with van der Waals surface area (Å²) in [5.74, 6) is 0.599. The summed E-state index contributed by atoms with van der Waals surface area (Å²) in [5, 5.41) is 4.46. The van der Waals surface area contributed by atoms with Crippen molar-refractivity contribution in [1.29, 1.82) is 0 Å². The first kappa shape index (κ1) is 16.4. The van der Waals surface area contributed by atoms with Crippen LogP contribution in [0, 0.1) is 0 Å². The maximum Gasteiger partial charge on any atom is 0.275 e. The normalized spacial score (nSPS) is 12.9. The molecule has 0 spiro atoms. The number of benzene rings is 2. The number of ether oxygens (including phenoxy) is 1. The van der Waals surface area contributed by atoms with Gasteiger partial charge in [0.25, 0.3) is 5.91 Å². The van der Waals surface area contributed by atoms with Crippen molar-refractivity contribution >= 4 is 5.91 Å². The standard InChI is InChI=1S/C21H21N3O2/c25-21(19-14-20-24(22-19)12-7-13-26-20)23(15-17-8-3-1-4-9-17)16-18-10-5-2-6-11-18/h1-6,8-11,14H,7,12-13,15-16H2. The molecule has 3 aromatic rings. The van der Waals surface area contributed by atoms with E-state index in [1.165, 1.54) is 0 Å². The second kappa shape index (κ2) is 7.44. The molecule has 1 aromatic heterocycles. The summed E-state index contributed by atoms with van der Waals surface area (Å²) in [5.41, 5.74) is 2.63. The molecule has 0 radical (unpaired) electrons. The fraction of sp³-hybridized carbons (Fsp3) is 0.238. The molecule has 0 aliphatic carbocycles. The van der Waals surface area contributed by atoms with Crippen LogP contribution in [0.15, 0.2) is 66.7 Å². The third-order valence-corrected chi connectivity index (χ3v) is 4.45. The van der Waals surface area contributed by atoms with E-state index >= 15 is 0 Å². The molecule has 1 amide bonds. The van der Waals surface area contributed by atoms with E-state index in [4.69, 9.17) is 4.74 Å². The highest BCUT2D eigenvalue weighted by Crippen LogP contribution is 2.21. The Balaban J connectivity index is 1.60. The zero-order valence-corrected chi connectivity index (χ0v) is 14.5. The average molecular weight is 347 g/mol. The van der Waals surface area contributed by atoms with Crippen molar-refractivity contribution in [3.05, 3.63) is 83.6 Å². The molecule has 0 fully saturated rings. The molecule has 4 rings (SSSR count). The lowest BCUT2D eigenvalue weighted by molar-refractivity contribution is 0.0723. The van der Waals surface area contributed by atoms with E-state index in [1.807, 2.05) is 65.6 Å². The molecule has 1 aliphatic rings. The topological polar surface area (TPSA) is 47.4 Å². The minimum atomic E-state index is -0.0804. The number of hydrogen-bond acceptors (Lipinski definition) is 3. The Morgan fingerprint density at radius 2 is 1.62 bits per heavy atom. The van der Waals surface area contributed by atoms with Crippen molar-refractivity contribution in [3.8, 4) is 5.88 Å². The van der Waals surface area contributed by atoms with Crippen molar-refractivity contribution in [2.45, 2.75) is 26.1 Å². The highest BCUT2D eigenvalue weighted by atomic mass is 16.5. The zero-order chi connectivity index (χ0) is 17.8. The van der Waals surface area contributed by atoms with E-state index in [-0.39, 0.29) is 5.91 Å². The first-order valence-electron chi connectivity index (χ1n) is 8.87. The van der Waals surface area contributed by atoms with Crippen LogP contribution in [0.1, 0.15) is 28.0 Å². The van der Waals surface area contributed by atoms with Gasteiger partial charge >= 0.3 is 0 Å². The molecular weight excluding hydrogens is 326 g/mol. The smallest absolute Gasteiger partial charge is 0.275 e. The highest BCUT2D eigenvalue weighted by Gasteiger charge is 2.23. The van der Waals surface area contributed by atoms with Crippen LogP contribution < -0.4 is 4.74 Å². The zero-order valence-electron chi connectivity index (χ0n) is 14.5. The van der Waals surface area contributed by atoms with Gasteiger partial charge in [0, 0.05) is 32.1 Å². The van der Waals surface area contributed by atoms with Crippen LogP contribution in [0.5, 0.6) is 5.88 Å². The Morgan fingerprint density at radius 3 is 2.19 bits per heavy atom. The molecular formula is C21H21N3O2. The van der Waals surface area contributed by atoms with Crippen LogP contribution in [0.3, 0.4) is 0 Å². The predicted octanol–water partition coefficient (Wildman–Crippen LogP) is 3.51. The molecule has 2 aromatic carbocycles. The van der Waals surface area contributed by atoms with Gasteiger partial charge in [0.1, 0.15) is 0 Å². The van der Waals surface area contributed by atoms with Gasteiger partial charge in [0.2, 0.25) is 5.88 Å². The molecule has 5 heteroatoms. The monoisotopic (exact) mass is 347 g/mol. The molecule has 0 saturated carbocycles. The van der Waals surface area contributed by atoms with E-state index in [2.05, 4.69) is 5.10 Å². The van der Waals surface area contributed by atoms with Gasteiger partial charge in [-0.05, 0) is 11.1 Å². The number of aromatic nitrogens is 2. The van der Waals surface area contributed by atoms with E-state index < -0.39 is 0 Å². The Labute approximate surface area is 152 Å². The molecule has 26 heavy (non-hydrogen) atoms. The second-order valence-electron chi connectivity index (χ2n) is 6.43. The number of rotatable bonds is 5. The summed E-state index contributed by atoms with van der Waals surface area (Å²) < 4.78 is 7.38. The van der Waals surface area contributed by atoms with Gasteiger partial charge in [-0.2, -0.15) is 5.10 Å². The average Bonchev–Trinajstić information content (AvgIpc) is 3.13. The molecule has 1 aliphatic heterocycles. The van der Waals surface area contributed by atoms with Crippen LogP contribution in [0.4, 0.5) is 0 Å². The van der Waals surface area contributed by atoms with Crippen molar-refractivity contribution in [1.82, 2.24) is 14.7 Å². The van der Waals surface area contributed by atoms with E-state index in [9.17, 15) is 4.79 Å². The van der Waals surface area contributed by atoms with Gasteiger partial charge in [0.15, 0.2) is 5.69 Å². The lowest BCUT2D eigenvalue weighted by Crippen LogP contribution is -2.30. The third kappa shape index (κ3) is 3.61. The molecule has 0 unspecified atom stereocenters. The van der Waals surface area contributed by atoms with Crippen LogP contribution >= 0.6 is 0 Å². The van der Waals surface area contributed by atoms with Crippen LogP contribution in [0.2, 0.25) is 0 Å². The fourth-order valence-corrected chi connectivity index (χ4v) is 3.14.